The highest BCUT2D eigenvalue weighted by molar-refractivity contribution is 7.14. The Morgan fingerprint density at radius 2 is 2.00 bits per heavy atom. The Bertz CT molecular complexity index is 696. The van der Waals surface area contributed by atoms with Gasteiger partial charge in [0.25, 0.3) is 5.91 Å². The van der Waals surface area contributed by atoms with Crippen molar-refractivity contribution < 1.29 is 14.3 Å². The second-order valence-electron chi connectivity index (χ2n) is 8.07. The third-order valence-corrected chi connectivity index (χ3v) is 7.53. The van der Waals surface area contributed by atoms with Crippen LogP contribution in [0.1, 0.15) is 45.8 Å². The summed E-state index contributed by atoms with van der Waals surface area (Å²) < 4.78 is 5.11. The van der Waals surface area contributed by atoms with Gasteiger partial charge in [0.05, 0.1) is 17.5 Å². The average Bonchev–Trinajstić information content (AvgIpc) is 3.21. The minimum atomic E-state index is -0.0269. The van der Waals surface area contributed by atoms with Crippen LogP contribution >= 0.6 is 11.3 Å². The highest BCUT2D eigenvalue weighted by atomic mass is 32.1. The lowest BCUT2D eigenvalue weighted by molar-refractivity contribution is -0.132. The van der Waals surface area contributed by atoms with Crippen molar-refractivity contribution >= 4 is 23.2 Å². The molecule has 1 aromatic rings. The molecule has 2 fully saturated rings. The Morgan fingerprint density at radius 3 is 2.82 bits per heavy atom. The number of carbonyl (C=O) groups is 2. The minimum Gasteiger partial charge on any atom is -0.383 e. The summed E-state index contributed by atoms with van der Waals surface area (Å²) in [5, 5.41) is 0. The van der Waals surface area contributed by atoms with Crippen LogP contribution in [-0.2, 0) is 22.4 Å². The molecule has 2 amide bonds. The number of carbonyl (C=O) groups excluding carboxylic acids is 2. The van der Waals surface area contributed by atoms with Crippen LogP contribution in [0.2, 0.25) is 0 Å². The molecule has 1 aliphatic carbocycles. The first-order valence-corrected chi connectivity index (χ1v) is 11.4. The molecular weight excluding hydrogens is 374 g/mol. The molecule has 0 aromatic carbocycles. The fourth-order valence-electron chi connectivity index (χ4n) is 4.69. The molecule has 7 heteroatoms. The molecule has 2 aliphatic heterocycles. The zero-order valence-electron chi connectivity index (χ0n) is 16.8. The quantitative estimate of drug-likeness (QED) is 0.752. The number of amides is 2. The number of hydrogen-bond donors (Lipinski definition) is 0. The summed E-state index contributed by atoms with van der Waals surface area (Å²) in [6, 6.07) is 2.11. The van der Waals surface area contributed by atoms with Crippen LogP contribution in [0.3, 0.4) is 0 Å². The van der Waals surface area contributed by atoms with Crippen molar-refractivity contribution in [3.63, 3.8) is 0 Å². The highest BCUT2D eigenvalue weighted by Gasteiger charge is 2.36. The maximum Gasteiger partial charge on any atom is 0.263 e. The second kappa shape index (κ2) is 8.93. The maximum atomic E-state index is 13.1. The van der Waals surface area contributed by atoms with Gasteiger partial charge in [0, 0.05) is 51.3 Å². The molecule has 0 radical (unpaired) electrons. The van der Waals surface area contributed by atoms with E-state index in [4.69, 9.17) is 4.74 Å². The summed E-state index contributed by atoms with van der Waals surface area (Å²) in [4.78, 5) is 34.3. The first-order chi connectivity index (χ1) is 13.7. The minimum absolute atomic E-state index is 0.0269. The van der Waals surface area contributed by atoms with Crippen molar-refractivity contribution in [2.45, 2.75) is 44.6 Å². The SMILES string of the molecule is COCCN1CC[C@@H](N2CCCN(C(=O)c3cc4c(s3)CCCC4)CC2)C1=O. The van der Waals surface area contributed by atoms with Crippen LogP contribution in [0.4, 0.5) is 0 Å². The van der Waals surface area contributed by atoms with E-state index in [0.717, 1.165) is 56.7 Å². The summed E-state index contributed by atoms with van der Waals surface area (Å²) in [5.41, 5.74) is 1.39. The standard InChI is InChI=1S/C21H31N3O3S/c1-27-14-13-24-10-7-17(20(24)25)22-8-4-9-23(12-11-22)21(26)19-15-16-5-2-3-6-18(16)28-19/h15,17H,2-14H2,1H3/t17-/m1/s1. The number of ether oxygens (including phenoxy) is 1. The smallest absolute Gasteiger partial charge is 0.263 e. The Hall–Kier alpha value is -1.44. The molecule has 0 N–H and O–H groups in total. The van der Waals surface area contributed by atoms with Crippen molar-refractivity contribution in [3.05, 3.63) is 21.4 Å². The van der Waals surface area contributed by atoms with Crippen molar-refractivity contribution in [1.29, 1.82) is 0 Å². The number of likely N-dealkylation sites (tertiary alicyclic amines) is 1. The van der Waals surface area contributed by atoms with Crippen LogP contribution in [0.15, 0.2) is 6.07 Å². The number of thiophene rings is 1. The van der Waals surface area contributed by atoms with Gasteiger partial charge in [-0.05, 0) is 50.2 Å². The highest BCUT2D eigenvalue weighted by Crippen LogP contribution is 2.30. The predicted octanol–water partition coefficient (Wildman–Crippen LogP) is 2.02. The number of fused-ring (bicyclic) bond motifs is 1. The van der Waals surface area contributed by atoms with Crippen molar-refractivity contribution in [2.75, 3.05) is 53.0 Å². The summed E-state index contributed by atoms with van der Waals surface area (Å²) in [5.74, 6) is 0.406. The molecule has 0 saturated carbocycles. The molecule has 0 spiro atoms. The van der Waals surface area contributed by atoms with Crippen LogP contribution in [0, 0.1) is 0 Å². The van der Waals surface area contributed by atoms with Crippen molar-refractivity contribution in [2.24, 2.45) is 0 Å². The topological polar surface area (TPSA) is 53.1 Å². The van der Waals surface area contributed by atoms with Gasteiger partial charge in [0.1, 0.15) is 0 Å². The molecule has 6 nitrogen and oxygen atoms in total. The van der Waals surface area contributed by atoms with Crippen LogP contribution in [0.5, 0.6) is 0 Å². The second-order valence-corrected chi connectivity index (χ2v) is 9.21. The van der Waals surface area contributed by atoms with E-state index in [1.54, 1.807) is 18.4 Å². The largest absolute Gasteiger partial charge is 0.383 e. The van der Waals surface area contributed by atoms with E-state index in [1.165, 1.54) is 23.3 Å². The Labute approximate surface area is 171 Å². The van der Waals surface area contributed by atoms with Gasteiger partial charge in [-0.2, -0.15) is 0 Å². The molecule has 1 aromatic heterocycles. The zero-order chi connectivity index (χ0) is 19.5. The zero-order valence-corrected chi connectivity index (χ0v) is 17.6. The summed E-state index contributed by atoms with van der Waals surface area (Å²) >= 11 is 1.70. The van der Waals surface area contributed by atoms with Crippen molar-refractivity contribution in [1.82, 2.24) is 14.7 Å². The van der Waals surface area contributed by atoms with Crippen LogP contribution < -0.4 is 0 Å². The predicted molar refractivity (Wildman–Crippen MR) is 110 cm³/mol. The van der Waals surface area contributed by atoms with Gasteiger partial charge in [0.15, 0.2) is 0 Å². The number of rotatable bonds is 5. The average molecular weight is 406 g/mol. The van der Waals surface area contributed by atoms with E-state index in [2.05, 4.69) is 11.0 Å². The third kappa shape index (κ3) is 4.11. The first-order valence-electron chi connectivity index (χ1n) is 10.6. The molecule has 1 atom stereocenters. The lowest BCUT2D eigenvalue weighted by atomic mass is 9.99. The normalized spacial score (nSPS) is 23.8. The van der Waals surface area contributed by atoms with Crippen LogP contribution in [0.25, 0.3) is 0 Å². The molecule has 3 aliphatic rings. The fourth-order valence-corrected chi connectivity index (χ4v) is 5.91. The molecule has 0 bridgehead atoms. The van der Waals surface area contributed by atoms with Crippen LogP contribution in [-0.4, -0.2) is 85.5 Å². The number of methoxy groups -OCH3 is 1. The first kappa shape index (κ1) is 19.9. The monoisotopic (exact) mass is 405 g/mol. The van der Waals surface area contributed by atoms with Gasteiger partial charge in [-0.1, -0.05) is 0 Å². The van der Waals surface area contributed by atoms with Gasteiger partial charge in [-0.25, -0.2) is 0 Å². The van der Waals surface area contributed by atoms with Gasteiger partial charge in [-0.3, -0.25) is 14.5 Å². The van der Waals surface area contributed by atoms with E-state index >= 15 is 0 Å². The van der Waals surface area contributed by atoms with Gasteiger partial charge in [0.2, 0.25) is 5.91 Å². The molecule has 28 heavy (non-hydrogen) atoms. The fraction of sp³-hybridized carbons (Fsp3) is 0.714. The Kier molecular flexibility index (Phi) is 6.33. The van der Waals surface area contributed by atoms with Crippen molar-refractivity contribution in [3.8, 4) is 0 Å². The molecule has 3 heterocycles. The van der Waals surface area contributed by atoms with Gasteiger partial charge >= 0.3 is 0 Å². The third-order valence-electron chi connectivity index (χ3n) is 6.30. The van der Waals surface area contributed by atoms with E-state index in [9.17, 15) is 9.59 Å². The van der Waals surface area contributed by atoms with E-state index in [1.807, 2.05) is 9.80 Å². The summed E-state index contributed by atoms with van der Waals surface area (Å²) in [6.45, 7) is 5.24. The van der Waals surface area contributed by atoms with Gasteiger partial charge in [-0.15, -0.1) is 11.3 Å². The summed E-state index contributed by atoms with van der Waals surface area (Å²) in [6.07, 6.45) is 6.55. The molecular formula is C21H31N3O3S. The molecule has 4 rings (SSSR count). The Balaban J connectivity index is 1.35. The Morgan fingerprint density at radius 1 is 1.14 bits per heavy atom. The maximum absolute atomic E-state index is 13.1. The van der Waals surface area contributed by atoms with E-state index in [-0.39, 0.29) is 17.9 Å². The summed E-state index contributed by atoms with van der Waals surface area (Å²) in [7, 11) is 1.67. The van der Waals surface area contributed by atoms with E-state index in [0.29, 0.717) is 19.7 Å². The van der Waals surface area contributed by atoms with Gasteiger partial charge < -0.3 is 14.5 Å². The molecule has 154 valence electrons. The number of nitrogens with zero attached hydrogens (tertiary/aromatic N) is 3. The van der Waals surface area contributed by atoms with E-state index < -0.39 is 0 Å². The number of aryl methyl sites for hydroxylation is 2. The lowest BCUT2D eigenvalue weighted by Gasteiger charge is -2.26. The molecule has 2 saturated heterocycles. The molecule has 0 unspecified atom stereocenters. The number of hydrogen-bond acceptors (Lipinski definition) is 5. The lowest BCUT2D eigenvalue weighted by Crippen LogP contribution is -2.44.